The van der Waals surface area contributed by atoms with Crippen LogP contribution in [0.25, 0.3) is 11.0 Å². The molecule has 0 unspecified atom stereocenters. The Morgan fingerprint density at radius 1 is 1.09 bits per heavy atom. The Labute approximate surface area is 127 Å². The van der Waals surface area contributed by atoms with E-state index in [-0.39, 0.29) is 5.56 Å². The normalized spacial score (nSPS) is 10.6. The van der Waals surface area contributed by atoms with Crippen molar-refractivity contribution in [1.82, 2.24) is 9.55 Å². The third-order valence-corrected chi connectivity index (χ3v) is 3.38. The third kappa shape index (κ3) is 2.93. The second kappa shape index (κ2) is 6.30. The fourth-order valence-corrected chi connectivity index (χ4v) is 2.27. The molecule has 112 valence electrons. The standard InChI is InChI=1S/C17H16N2O3/c1-21-14-7-8-15-16(11-14)19(17(20)12-18-15)9-10-22-13-5-3-2-4-6-13/h2-8,11-12H,9-10H2,1H3. The summed E-state index contributed by atoms with van der Waals surface area (Å²) in [6.07, 6.45) is 1.33. The Morgan fingerprint density at radius 3 is 2.68 bits per heavy atom. The van der Waals surface area contributed by atoms with Crippen molar-refractivity contribution >= 4 is 11.0 Å². The van der Waals surface area contributed by atoms with Gasteiger partial charge in [0.1, 0.15) is 18.1 Å². The summed E-state index contributed by atoms with van der Waals surface area (Å²) in [6.45, 7) is 0.847. The molecule has 1 heterocycles. The Kier molecular flexibility index (Phi) is 4.05. The minimum Gasteiger partial charge on any atom is -0.497 e. The van der Waals surface area contributed by atoms with Crippen LogP contribution in [0.5, 0.6) is 11.5 Å². The van der Waals surface area contributed by atoms with Crippen molar-refractivity contribution in [2.45, 2.75) is 6.54 Å². The zero-order valence-electron chi connectivity index (χ0n) is 12.2. The number of ether oxygens (including phenoxy) is 2. The fraction of sp³-hybridized carbons (Fsp3) is 0.176. The second-order valence-electron chi connectivity index (χ2n) is 4.76. The van der Waals surface area contributed by atoms with Gasteiger partial charge in [0.05, 0.1) is 30.9 Å². The monoisotopic (exact) mass is 296 g/mol. The average Bonchev–Trinajstić information content (AvgIpc) is 2.57. The molecular weight excluding hydrogens is 280 g/mol. The molecule has 0 radical (unpaired) electrons. The van der Waals surface area contributed by atoms with E-state index in [0.29, 0.717) is 18.9 Å². The predicted octanol–water partition coefficient (Wildman–Crippen LogP) is 2.48. The molecule has 5 heteroatoms. The molecule has 0 bridgehead atoms. The topological polar surface area (TPSA) is 53.3 Å². The van der Waals surface area contributed by atoms with Gasteiger partial charge in [-0.1, -0.05) is 18.2 Å². The Hall–Kier alpha value is -2.82. The highest BCUT2D eigenvalue weighted by atomic mass is 16.5. The van der Waals surface area contributed by atoms with Crippen LogP contribution in [0, 0.1) is 0 Å². The highest BCUT2D eigenvalue weighted by Gasteiger charge is 2.06. The van der Waals surface area contributed by atoms with Gasteiger partial charge in [0, 0.05) is 6.07 Å². The fourth-order valence-electron chi connectivity index (χ4n) is 2.27. The molecular formula is C17H16N2O3. The molecule has 0 saturated heterocycles. The lowest BCUT2D eigenvalue weighted by Gasteiger charge is -2.11. The summed E-state index contributed by atoms with van der Waals surface area (Å²) in [7, 11) is 1.60. The van der Waals surface area contributed by atoms with Gasteiger partial charge in [0.15, 0.2) is 0 Å². The van der Waals surface area contributed by atoms with Crippen LogP contribution in [0.15, 0.2) is 59.5 Å². The van der Waals surface area contributed by atoms with Gasteiger partial charge < -0.3 is 14.0 Å². The van der Waals surface area contributed by atoms with Gasteiger partial charge in [0.2, 0.25) is 0 Å². The van der Waals surface area contributed by atoms with Crippen molar-refractivity contribution in [3.05, 3.63) is 65.1 Å². The van der Waals surface area contributed by atoms with Gasteiger partial charge in [-0.05, 0) is 24.3 Å². The van der Waals surface area contributed by atoms with Crippen LogP contribution < -0.4 is 15.0 Å². The number of fused-ring (bicyclic) bond motifs is 1. The summed E-state index contributed by atoms with van der Waals surface area (Å²) < 4.78 is 12.5. The lowest BCUT2D eigenvalue weighted by atomic mass is 10.2. The molecule has 5 nitrogen and oxygen atoms in total. The number of aromatic nitrogens is 2. The lowest BCUT2D eigenvalue weighted by molar-refractivity contribution is 0.298. The maximum absolute atomic E-state index is 12.1. The summed E-state index contributed by atoms with van der Waals surface area (Å²) in [5.41, 5.74) is 1.33. The molecule has 1 aromatic heterocycles. The van der Waals surface area contributed by atoms with Crippen LogP contribution >= 0.6 is 0 Å². The van der Waals surface area contributed by atoms with Crippen molar-refractivity contribution in [3.63, 3.8) is 0 Å². The number of methoxy groups -OCH3 is 1. The van der Waals surface area contributed by atoms with Crippen molar-refractivity contribution < 1.29 is 9.47 Å². The third-order valence-electron chi connectivity index (χ3n) is 3.38. The number of rotatable bonds is 5. The SMILES string of the molecule is COc1ccc2ncc(=O)n(CCOc3ccccc3)c2c1. The van der Waals surface area contributed by atoms with E-state index in [1.165, 1.54) is 6.20 Å². The maximum atomic E-state index is 12.1. The first-order chi connectivity index (χ1) is 10.8. The van der Waals surface area contributed by atoms with Gasteiger partial charge in [-0.25, -0.2) is 4.98 Å². The van der Waals surface area contributed by atoms with E-state index in [1.54, 1.807) is 11.7 Å². The first-order valence-corrected chi connectivity index (χ1v) is 6.99. The molecule has 22 heavy (non-hydrogen) atoms. The molecule has 0 amide bonds. The summed E-state index contributed by atoms with van der Waals surface area (Å²) in [6, 6.07) is 15.0. The van der Waals surface area contributed by atoms with E-state index in [1.807, 2.05) is 48.5 Å². The molecule has 3 aromatic rings. The Balaban J connectivity index is 1.86. The number of hydrogen-bond donors (Lipinski definition) is 0. The second-order valence-corrected chi connectivity index (χ2v) is 4.76. The molecule has 0 spiro atoms. The van der Waals surface area contributed by atoms with E-state index < -0.39 is 0 Å². The molecule has 0 fully saturated rings. The molecule has 0 aliphatic heterocycles. The van der Waals surface area contributed by atoms with Crippen LogP contribution in [-0.4, -0.2) is 23.3 Å². The maximum Gasteiger partial charge on any atom is 0.269 e. The quantitative estimate of drug-likeness (QED) is 0.726. The van der Waals surface area contributed by atoms with E-state index in [4.69, 9.17) is 9.47 Å². The van der Waals surface area contributed by atoms with Crippen molar-refractivity contribution in [3.8, 4) is 11.5 Å². The van der Waals surface area contributed by atoms with Gasteiger partial charge in [-0.15, -0.1) is 0 Å². The van der Waals surface area contributed by atoms with E-state index in [9.17, 15) is 4.79 Å². The number of nitrogens with zero attached hydrogens (tertiary/aromatic N) is 2. The molecule has 3 rings (SSSR count). The number of para-hydroxylation sites is 1. The molecule has 0 N–H and O–H groups in total. The Bertz CT molecular complexity index is 828. The predicted molar refractivity (Wildman–Crippen MR) is 84.5 cm³/mol. The lowest BCUT2D eigenvalue weighted by Crippen LogP contribution is -2.23. The summed E-state index contributed by atoms with van der Waals surface area (Å²) >= 11 is 0. The zero-order chi connectivity index (χ0) is 15.4. The largest absolute Gasteiger partial charge is 0.497 e. The summed E-state index contributed by atoms with van der Waals surface area (Å²) in [5.74, 6) is 1.48. The zero-order valence-corrected chi connectivity index (χ0v) is 12.2. The van der Waals surface area contributed by atoms with Crippen molar-refractivity contribution in [1.29, 1.82) is 0 Å². The molecule has 2 aromatic carbocycles. The Morgan fingerprint density at radius 2 is 1.91 bits per heavy atom. The van der Waals surface area contributed by atoms with Crippen LogP contribution in [0.2, 0.25) is 0 Å². The highest BCUT2D eigenvalue weighted by Crippen LogP contribution is 2.18. The van der Waals surface area contributed by atoms with E-state index in [0.717, 1.165) is 16.8 Å². The van der Waals surface area contributed by atoms with Crippen LogP contribution in [0.3, 0.4) is 0 Å². The smallest absolute Gasteiger partial charge is 0.269 e. The van der Waals surface area contributed by atoms with E-state index in [2.05, 4.69) is 4.98 Å². The van der Waals surface area contributed by atoms with Gasteiger partial charge in [0.25, 0.3) is 5.56 Å². The minimum atomic E-state index is -0.155. The van der Waals surface area contributed by atoms with Crippen molar-refractivity contribution in [2.24, 2.45) is 0 Å². The molecule has 0 atom stereocenters. The highest BCUT2D eigenvalue weighted by molar-refractivity contribution is 5.76. The van der Waals surface area contributed by atoms with Crippen LogP contribution in [0.1, 0.15) is 0 Å². The first-order valence-electron chi connectivity index (χ1n) is 6.99. The molecule has 0 aliphatic carbocycles. The van der Waals surface area contributed by atoms with Crippen molar-refractivity contribution in [2.75, 3.05) is 13.7 Å². The number of benzene rings is 2. The minimum absolute atomic E-state index is 0.155. The summed E-state index contributed by atoms with van der Waals surface area (Å²) in [5, 5.41) is 0. The van der Waals surface area contributed by atoms with Crippen LogP contribution in [0.4, 0.5) is 0 Å². The molecule has 0 saturated carbocycles. The van der Waals surface area contributed by atoms with Crippen LogP contribution in [-0.2, 0) is 6.54 Å². The van der Waals surface area contributed by atoms with Gasteiger partial charge in [-0.3, -0.25) is 4.79 Å². The first kappa shape index (κ1) is 14.1. The average molecular weight is 296 g/mol. The molecule has 0 aliphatic rings. The summed E-state index contributed by atoms with van der Waals surface area (Å²) in [4.78, 5) is 16.2. The van der Waals surface area contributed by atoms with Gasteiger partial charge >= 0.3 is 0 Å². The van der Waals surface area contributed by atoms with Gasteiger partial charge in [-0.2, -0.15) is 0 Å². The number of hydrogen-bond acceptors (Lipinski definition) is 4. The van der Waals surface area contributed by atoms with E-state index >= 15 is 0 Å².